The SMILES string of the molecule is COC(=O)c1ccc(CSc2nnc(SCC(=O)Nc3ccc4c(c3)OC3(CCCCC3)O4)s2)o1. The number of benzene rings is 1. The Balaban J connectivity index is 1.09. The number of amides is 1. The Bertz CT molecular complexity index is 1220. The van der Waals surface area contributed by atoms with E-state index in [1.54, 1.807) is 12.1 Å². The number of anilines is 1. The molecule has 2 aliphatic rings. The molecule has 3 aromatic rings. The zero-order valence-corrected chi connectivity index (χ0v) is 21.4. The van der Waals surface area contributed by atoms with Crippen LogP contribution in [0.4, 0.5) is 5.69 Å². The molecule has 1 saturated carbocycles. The van der Waals surface area contributed by atoms with Crippen LogP contribution in [0.15, 0.2) is 43.4 Å². The predicted octanol–water partition coefficient (Wildman–Crippen LogP) is 5.37. The lowest BCUT2D eigenvalue weighted by molar-refractivity contribution is -0.113. The van der Waals surface area contributed by atoms with Gasteiger partial charge in [-0.25, -0.2) is 4.79 Å². The van der Waals surface area contributed by atoms with Gasteiger partial charge in [-0.1, -0.05) is 41.3 Å². The van der Waals surface area contributed by atoms with Gasteiger partial charge in [0, 0.05) is 24.6 Å². The highest BCUT2D eigenvalue weighted by Gasteiger charge is 2.42. The fourth-order valence-corrected chi connectivity index (χ4v) is 6.62. The summed E-state index contributed by atoms with van der Waals surface area (Å²) >= 11 is 4.17. The summed E-state index contributed by atoms with van der Waals surface area (Å²) in [5.74, 6) is 1.73. The monoisotopic (exact) mass is 533 g/mol. The minimum Gasteiger partial charge on any atom is -0.463 e. The van der Waals surface area contributed by atoms with Crippen molar-refractivity contribution >= 4 is 52.4 Å². The van der Waals surface area contributed by atoms with Gasteiger partial charge in [-0.2, -0.15) is 0 Å². The number of fused-ring (bicyclic) bond motifs is 1. The van der Waals surface area contributed by atoms with Crippen molar-refractivity contribution in [2.45, 2.75) is 52.3 Å². The first kappa shape index (κ1) is 24.0. The molecule has 0 radical (unpaired) electrons. The highest BCUT2D eigenvalue weighted by Crippen LogP contribution is 2.46. The number of hydrogen-bond acceptors (Lipinski definition) is 11. The lowest BCUT2D eigenvalue weighted by Gasteiger charge is -2.31. The van der Waals surface area contributed by atoms with Crippen LogP contribution in [-0.2, 0) is 15.3 Å². The maximum atomic E-state index is 12.5. The Hall–Kier alpha value is -2.70. The first-order valence-corrected chi connectivity index (χ1v) is 13.9. The summed E-state index contributed by atoms with van der Waals surface area (Å²) in [6.45, 7) is 0. The molecule has 1 N–H and O–H groups in total. The van der Waals surface area contributed by atoms with E-state index in [0.29, 0.717) is 27.3 Å². The zero-order valence-electron chi connectivity index (χ0n) is 18.9. The number of methoxy groups -OCH3 is 1. The van der Waals surface area contributed by atoms with Crippen molar-refractivity contribution in [3.63, 3.8) is 0 Å². The standard InChI is InChI=1S/C23H23N3O6S3/c1-29-20(28)17-8-6-15(30-17)12-33-21-25-26-22(35-21)34-13-19(27)24-14-5-7-16-18(11-14)32-23(31-16)9-3-2-4-10-23/h5-8,11H,2-4,9-10,12-13H2,1H3,(H,24,27). The lowest BCUT2D eigenvalue weighted by atomic mass is 9.94. The summed E-state index contributed by atoms with van der Waals surface area (Å²) in [5, 5.41) is 11.2. The summed E-state index contributed by atoms with van der Waals surface area (Å²) < 4.78 is 23.7. The van der Waals surface area contributed by atoms with Crippen molar-refractivity contribution < 1.29 is 28.2 Å². The quantitative estimate of drug-likeness (QED) is 0.299. The summed E-state index contributed by atoms with van der Waals surface area (Å²) in [6, 6.07) is 8.80. The number of nitrogens with one attached hydrogen (secondary N) is 1. The molecule has 12 heteroatoms. The van der Waals surface area contributed by atoms with Crippen LogP contribution in [0, 0.1) is 0 Å². The van der Waals surface area contributed by atoms with Gasteiger partial charge < -0.3 is 23.9 Å². The van der Waals surface area contributed by atoms with E-state index in [1.165, 1.54) is 48.4 Å². The minimum atomic E-state index is -0.535. The zero-order chi connectivity index (χ0) is 24.3. The molecule has 1 spiro atoms. The summed E-state index contributed by atoms with van der Waals surface area (Å²) in [6.07, 6.45) is 5.18. The van der Waals surface area contributed by atoms with Gasteiger partial charge in [0.15, 0.2) is 20.2 Å². The Labute approximate surface area is 214 Å². The van der Waals surface area contributed by atoms with Crippen molar-refractivity contribution in [1.29, 1.82) is 0 Å². The number of furan rings is 1. The number of aromatic nitrogens is 2. The van der Waals surface area contributed by atoms with Crippen LogP contribution >= 0.6 is 34.9 Å². The number of rotatable bonds is 8. The maximum Gasteiger partial charge on any atom is 0.373 e. The van der Waals surface area contributed by atoms with E-state index < -0.39 is 11.8 Å². The van der Waals surface area contributed by atoms with Crippen LogP contribution in [0.5, 0.6) is 11.5 Å². The molecule has 35 heavy (non-hydrogen) atoms. The Morgan fingerprint density at radius 3 is 2.63 bits per heavy atom. The number of thioether (sulfide) groups is 2. The van der Waals surface area contributed by atoms with Gasteiger partial charge in [-0.05, 0) is 37.1 Å². The number of carbonyl (C=O) groups is 2. The van der Waals surface area contributed by atoms with Gasteiger partial charge in [0.2, 0.25) is 11.7 Å². The third kappa shape index (κ3) is 5.76. The van der Waals surface area contributed by atoms with E-state index in [9.17, 15) is 9.59 Å². The molecule has 5 rings (SSSR count). The summed E-state index contributed by atoms with van der Waals surface area (Å²) in [4.78, 5) is 23.9. The molecule has 0 atom stereocenters. The average molecular weight is 534 g/mol. The van der Waals surface area contributed by atoms with Crippen LogP contribution in [0.1, 0.15) is 48.4 Å². The second-order valence-corrected chi connectivity index (χ2v) is 11.5. The van der Waals surface area contributed by atoms with Crippen molar-refractivity contribution in [3.05, 3.63) is 41.9 Å². The topological polar surface area (TPSA) is 113 Å². The van der Waals surface area contributed by atoms with Gasteiger partial charge in [0.25, 0.3) is 5.79 Å². The van der Waals surface area contributed by atoms with E-state index in [1.807, 2.05) is 18.2 Å². The van der Waals surface area contributed by atoms with E-state index in [4.69, 9.17) is 13.9 Å². The Morgan fingerprint density at radius 1 is 1.06 bits per heavy atom. The normalized spacial score (nSPS) is 15.8. The van der Waals surface area contributed by atoms with Crippen molar-refractivity contribution in [2.24, 2.45) is 0 Å². The maximum absolute atomic E-state index is 12.5. The van der Waals surface area contributed by atoms with Crippen LogP contribution in [0.25, 0.3) is 0 Å². The fourth-order valence-electron chi connectivity index (χ4n) is 3.90. The first-order chi connectivity index (χ1) is 17.0. The molecule has 3 heterocycles. The lowest BCUT2D eigenvalue weighted by Crippen LogP contribution is -2.40. The molecule has 1 aliphatic heterocycles. The van der Waals surface area contributed by atoms with E-state index in [0.717, 1.165) is 35.8 Å². The van der Waals surface area contributed by atoms with E-state index in [-0.39, 0.29) is 17.4 Å². The van der Waals surface area contributed by atoms with Crippen LogP contribution in [-0.4, -0.2) is 40.7 Å². The molecule has 1 fully saturated rings. The smallest absolute Gasteiger partial charge is 0.373 e. The van der Waals surface area contributed by atoms with Crippen LogP contribution < -0.4 is 14.8 Å². The second kappa shape index (κ2) is 10.5. The van der Waals surface area contributed by atoms with Crippen LogP contribution in [0.2, 0.25) is 0 Å². The molecule has 1 amide bonds. The van der Waals surface area contributed by atoms with Crippen LogP contribution in [0.3, 0.4) is 0 Å². The van der Waals surface area contributed by atoms with Crippen molar-refractivity contribution in [1.82, 2.24) is 10.2 Å². The molecule has 0 unspecified atom stereocenters. The molecular formula is C23H23N3O6S3. The van der Waals surface area contributed by atoms with E-state index in [2.05, 4.69) is 20.3 Å². The Morgan fingerprint density at radius 2 is 1.83 bits per heavy atom. The molecule has 2 aromatic heterocycles. The molecule has 0 bridgehead atoms. The molecule has 0 saturated heterocycles. The van der Waals surface area contributed by atoms with Gasteiger partial charge in [0.05, 0.1) is 18.6 Å². The highest BCUT2D eigenvalue weighted by molar-refractivity contribution is 8.03. The first-order valence-electron chi connectivity index (χ1n) is 11.1. The van der Waals surface area contributed by atoms with Gasteiger partial charge in [-0.15, -0.1) is 10.2 Å². The third-order valence-corrected chi connectivity index (χ3v) is 8.75. The summed E-state index contributed by atoms with van der Waals surface area (Å²) in [7, 11) is 1.31. The average Bonchev–Trinajstić information content (AvgIpc) is 3.60. The largest absolute Gasteiger partial charge is 0.463 e. The molecule has 1 aliphatic carbocycles. The predicted molar refractivity (Wildman–Crippen MR) is 132 cm³/mol. The number of nitrogens with zero attached hydrogens (tertiary/aromatic N) is 2. The molecular weight excluding hydrogens is 510 g/mol. The number of esters is 1. The molecule has 9 nitrogen and oxygen atoms in total. The van der Waals surface area contributed by atoms with Crippen molar-refractivity contribution in [3.8, 4) is 11.5 Å². The molecule has 184 valence electrons. The third-order valence-electron chi connectivity index (χ3n) is 5.54. The molecule has 1 aromatic carbocycles. The van der Waals surface area contributed by atoms with Gasteiger partial charge >= 0.3 is 5.97 Å². The fraction of sp³-hybridized carbons (Fsp3) is 0.391. The number of ether oxygens (including phenoxy) is 3. The van der Waals surface area contributed by atoms with E-state index >= 15 is 0 Å². The summed E-state index contributed by atoms with van der Waals surface area (Å²) in [5.41, 5.74) is 0.670. The highest BCUT2D eigenvalue weighted by atomic mass is 32.2. The number of carbonyl (C=O) groups excluding carboxylic acids is 2. The van der Waals surface area contributed by atoms with Crippen molar-refractivity contribution in [2.75, 3.05) is 18.2 Å². The van der Waals surface area contributed by atoms with Gasteiger partial charge in [0.1, 0.15) is 5.76 Å². The number of hydrogen-bond donors (Lipinski definition) is 1. The Kier molecular flexibility index (Phi) is 7.21. The van der Waals surface area contributed by atoms with Gasteiger partial charge in [-0.3, -0.25) is 4.79 Å². The minimum absolute atomic E-state index is 0.142. The second-order valence-electron chi connectivity index (χ2n) is 8.05.